The molecule has 1 unspecified atom stereocenters. The monoisotopic (exact) mass is 462 g/mol. The van der Waals surface area contributed by atoms with Crippen LogP contribution < -0.4 is 10.2 Å². The summed E-state index contributed by atoms with van der Waals surface area (Å²) in [4.78, 5) is 13.7. The lowest BCUT2D eigenvalue weighted by molar-refractivity contribution is 0.129. The summed E-state index contributed by atoms with van der Waals surface area (Å²) in [6.07, 6.45) is 2.19. The second-order valence-corrected chi connectivity index (χ2v) is 8.95. The van der Waals surface area contributed by atoms with E-state index in [1.165, 1.54) is 29.3 Å². The van der Waals surface area contributed by atoms with Gasteiger partial charge in [-0.25, -0.2) is 18.3 Å². The van der Waals surface area contributed by atoms with E-state index < -0.39 is 29.2 Å². The largest absolute Gasteiger partial charge is 0.442 e. The maximum atomic E-state index is 15.1. The summed E-state index contributed by atoms with van der Waals surface area (Å²) >= 11 is 0. The molecule has 1 aliphatic carbocycles. The van der Waals surface area contributed by atoms with Crippen molar-refractivity contribution in [3.63, 3.8) is 0 Å². The second kappa shape index (κ2) is 7.60. The van der Waals surface area contributed by atoms with Gasteiger partial charge in [0.15, 0.2) is 0 Å². The van der Waals surface area contributed by atoms with Crippen LogP contribution in [0.2, 0.25) is 0 Å². The van der Waals surface area contributed by atoms with Crippen LogP contribution in [0.25, 0.3) is 11.1 Å². The van der Waals surface area contributed by atoms with Crippen LogP contribution in [-0.4, -0.2) is 46.8 Å². The molecule has 172 valence electrons. The SMILES string of the molecule is N#CC1(c2ccc(-c3ccc(N4C[C@H](Cn5ccnn5)OC4=O)cc3F)cc2F)[C@@H]2CNC[C@@H]21. The molecule has 4 atom stereocenters. The summed E-state index contributed by atoms with van der Waals surface area (Å²) in [6.45, 7) is 1.99. The lowest BCUT2D eigenvalue weighted by Crippen LogP contribution is -2.26. The van der Waals surface area contributed by atoms with Gasteiger partial charge in [0.2, 0.25) is 0 Å². The summed E-state index contributed by atoms with van der Waals surface area (Å²) in [7, 11) is 0. The van der Waals surface area contributed by atoms with Crippen molar-refractivity contribution in [2.75, 3.05) is 24.5 Å². The molecule has 0 radical (unpaired) electrons. The molecule has 3 aliphatic rings. The molecule has 1 saturated carbocycles. The Morgan fingerprint density at radius 2 is 2.00 bits per heavy atom. The van der Waals surface area contributed by atoms with Gasteiger partial charge in [-0.3, -0.25) is 4.90 Å². The first-order valence-electron chi connectivity index (χ1n) is 11.1. The van der Waals surface area contributed by atoms with Gasteiger partial charge in [-0.15, -0.1) is 5.10 Å². The van der Waals surface area contributed by atoms with Crippen molar-refractivity contribution >= 4 is 11.8 Å². The van der Waals surface area contributed by atoms with Crippen molar-refractivity contribution in [1.82, 2.24) is 20.3 Å². The average molecular weight is 462 g/mol. The Labute approximate surface area is 193 Å². The Bertz CT molecular complexity index is 1310. The van der Waals surface area contributed by atoms with E-state index in [0.717, 1.165) is 0 Å². The average Bonchev–Trinajstić information content (AvgIpc) is 3.35. The van der Waals surface area contributed by atoms with Gasteiger partial charge in [-0.05, 0) is 29.8 Å². The number of fused-ring (bicyclic) bond motifs is 1. The Hall–Kier alpha value is -3.84. The fourth-order valence-corrected chi connectivity index (χ4v) is 5.46. The number of amides is 1. The minimum absolute atomic E-state index is 0.113. The number of anilines is 1. The second-order valence-electron chi connectivity index (χ2n) is 8.95. The van der Waals surface area contributed by atoms with E-state index in [-0.39, 0.29) is 23.9 Å². The topological polar surface area (TPSA) is 96.1 Å². The van der Waals surface area contributed by atoms with Crippen molar-refractivity contribution < 1.29 is 18.3 Å². The zero-order chi connectivity index (χ0) is 23.4. The molecule has 2 saturated heterocycles. The fourth-order valence-electron chi connectivity index (χ4n) is 5.46. The van der Waals surface area contributed by atoms with Crippen LogP contribution in [-0.2, 0) is 16.7 Å². The molecule has 6 rings (SSSR count). The molecule has 34 heavy (non-hydrogen) atoms. The summed E-state index contributed by atoms with van der Waals surface area (Å²) in [5.74, 6) is -0.861. The number of halogens is 2. The molecular formula is C24H20F2N6O2. The van der Waals surface area contributed by atoms with E-state index in [4.69, 9.17) is 4.74 Å². The van der Waals surface area contributed by atoms with Crippen LogP contribution in [0.15, 0.2) is 48.8 Å². The minimum atomic E-state index is -0.796. The van der Waals surface area contributed by atoms with Gasteiger partial charge in [0, 0.05) is 42.2 Å². The van der Waals surface area contributed by atoms with Gasteiger partial charge in [0.1, 0.15) is 17.7 Å². The highest BCUT2D eigenvalue weighted by molar-refractivity contribution is 5.90. The predicted octanol–water partition coefficient (Wildman–Crippen LogP) is 2.86. The molecular weight excluding hydrogens is 442 g/mol. The Morgan fingerprint density at radius 3 is 2.68 bits per heavy atom. The Morgan fingerprint density at radius 1 is 1.18 bits per heavy atom. The standard InChI is InChI=1S/C24H20F2N6O2/c25-21-8-15(32-12-16(34-23(32)33)11-31-6-5-29-30-31)2-3-17(21)14-1-4-18(22(26)7-14)24(13-27)19-9-28-10-20(19)24/h1-8,16,19-20,28H,9-12H2/t16-,19-,20+,24?/m0/s1. The van der Waals surface area contributed by atoms with Crippen molar-refractivity contribution in [3.05, 3.63) is 66.0 Å². The van der Waals surface area contributed by atoms with Crippen molar-refractivity contribution in [3.8, 4) is 17.2 Å². The van der Waals surface area contributed by atoms with Crippen molar-refractivity contribution in [2.24, 2.45) is 11.8 Å². The van der Waals surface area contributed by atoms with Crippen LogP contribution >= 0.6 is 0 Å². The van der Waals surface area contributed by atoms with Crippen LogP contribution in [0.4, 0.5) is 19.3 Å². The molecule has 8 nitrogen and oxygen atoms in total. The number of benzene rings is 2. The van der Waals surface area contributed by atoms with Gasteiger partial charge in [0.05, 0.1) is 36.5 Å². The van der Waals surface area contributed by atoms with Gasteiger partial charge >= 0.3 is 6.09 Å². The number of hydrogen-bond donors (Lipinski definition) is 1. The molecule has 0 bridgehead atoms. The first kappa shape index (κ1) is 20.7. The highest BCUT2D eigenvalue weighted by Crippen LogP contribution is 2.61. The normalized spacial score (nSPS) is 27.4. The third-order valence-electron chi connectivity index (χ3n) is 7.19. The number of piperidine rings is 1. The highest BCUT2D eigenvalue weighted by Gasteiger charge is 2.68. The van der Waals surface area contributed by atoms with E-state index >= 15 is 8.78 Å². The first-order valence-corrected chi connectivity index (χ1v) is 11.1. The zero-order valence-corrected chi connectivity index (χ0v) is 18.0. The molecule has 1 N–H and O–H groups in total. The fraction of sp³-hybridized carbons (Fsp3) is 0.333. The minimum Gasteiger partial charge on any atom is -0.442 e. The van der Waals surface area contributed by atoms with Crippen LogP contribution in [0.1, 0.15) is 5.56 Å². The van der Waals surface area contributed by atoms with Gasteiger partial charge in [0.25, 0.3) is 0 Å². The van der Waals surface area contributed by atoms with Crippen molar-refractivity contribution in [1.29, 1.82) is 5.26 Å². The van der Waals surface area contributed by atoms with E-state index in [1.54, 1.807) is 29.1 Å². The molecule has 2 aromatic carbocycles. The molecule has 3 aromatic rings. The van der Waals surface area contributed by atoms with E-state index in [9.17, 15) is 10.1 Å². The molecule has 1 amide bonds. The summed E-state index contributed by atoms with van der Waals surface area (Å²) in [5, 5.41) is 20.6. The predicted molar refractivity (Wildman–Crippen MR) is 117 cm³/mol. The maximum Gasteiger partial charge on any atom is 0.414 e. The number of carbonyl (C=O) groups excluding carboxylic acids is 1. The summed E-state index contributed by atoms with van der Waals surface area (Å²) in [5.41, 5.74) is 0.520. The van der Waals surface area contributed by atoms with Crippen LogP contribution in [0, 0.1) is 34.8 Å². The number of ether oxygens (including phenoxy) is 1. The van der Waals surface area contributed by atoms with Crippen LogP contribution in [0.3, 0.4) is 0 Å². The number of nitrogens with one attached hydrogen (secondary N) is 1. The number of nitriles is 1. The molecule has 10 heteroatoms. The molecule has 3 fully saturated rings. The van der Waals surface area contributed by atoms with Gasteiger partial charge in [-0.1, -0.05) is 17.3 Å². The van der Waals surface area contributed by atoms with Crippen molar-refractivity contribution in [2.45, 2.75) is 18.1 Å². The highest BCUT2D eigenvalue weighted by atomic mass is 19.1. The lowest BCUT2D eigenvalue weighted by atomic mass is 9.89. The quantitative estimate of drug-likeness (QED) is 0.627. The van der Waals surface area contributed by atoms with Gasteiger partial charge in [-0.2, -0.15) is 5.26 Å². The summed E-state index contributed by atoms with van der Waals surface area (Å²) < 4.78 is 37.1. The number of aromatic nitrogens is 3. The third kappa shape index (κ3) is 3.08. The van der Waals surface area contributed by atoms with E-state index in [0.29, 0.717) is 36.4 Å². The lowest BCUT2D eigenvalue weighted by Gasteiger charge is -2.17. The number of nitrogens with zero attached hydrogens (tertiary/aromatic N) is 5. The number of rotatable bonds is 5. The number of carbonyl (C=O) groups is 1. The molecule has 1 aromatic heterocycles. The third-order valence-corrected chi connectivity index (χ3v) is 7.19. The number of cyclic esters (lactones) is 1. The van der Waals surface area contributed by atoms with Crippen LogP contribution in [0.5, 0.6) is 0 Å². The first-order chi connectivity index (χ1) is 16.5. The Kier molecular flexibility index (Phi) is 4.64. The zero-order valence-electron chi connectivity index (χ0n) is 18.0. The maximum absolute atomic E-state index is 15.1. The smallest absolute Gasteiger partial charge is 0.414 e. The number of hydrogen-bond acceptors (Lipinski definition) is 6. The Balaban J connectivity index is 1.23. The summed E-state index contributed by atoms with van der Waals surface area (Å²) in [6, 6.07) is 11.2. The van der Waals surface area contributed by atoms with E-state index in [2.05, 4.69) is 21.7 Å². The molecule has 3 heterocycles. The molecule has 0 spiro atoms. The molecule has 2 aliphatic heterocycles. The van der Waals surface area contributed by atoms with Gasteiger partial charge < -0.3 is 10.1 Å². The van der Waals surface area contributed by atoms with E-state index in [1.807, 2.05) is 0 Å².